The van der Waals surface area contributed by atoms with Gasteiger partial charge in [-0.05, 0) is 53.6 Å². The van der Waals surface area contributed by atoms with Crippen LogP contribution in [-0.2, 0) is 16.1 Å². The first kappa shape index (κ1) is 31.9. The summed E-state index contributed by atoms with van der Waals surface area (Å²) in [6.45, 7) is -0.607. The number of hydrogen-bond acceptors (Lipinski definition) is 11. The Morgan fingerprint density at radius 3 is 2.33 bits per heavy atom. The molecule has 12 heteroatoms. The molecule has 2 aliphatic rings. The van der Waals surface area contributed by atoms with E-state index in [2.05, 4.69) is 5.32 Å². The summed E-state index contributed by atoms with van der Waals surface area (Å²) in [5.74, 6) is 1.28. The van der Waals surface area contributed by atoms with Crippen molar-refractivity contribution in [1.82, 2.24) is 0 Å². The highest BCUT2D eigenvalue weighted by molar-refractivity contribution is 5.87. The maximum absolute atomic E-state index is 12.4. The molecule has 0 radical (unpaired) electrons. The number of aliphatic hydroxyl groups excluding tert-OH is 4. The van der Waals surface area contributed by atoms with Gasteiger partial charge in [-0.3, -0.25) is 5.32 Å². The highest BCUT2D eigenvalue weighted by atomic mass is 16.7. The van der Waals surface area contributed by atoms with Crippen molar-refractivity contribution in [2.75, 3.05) is 11.9 Å². The van der Waals surface area contributed by atoms with Crippen LogP contribution in [0.15, 0.2) is 96.3 Å². The minimum atomic E-state index is -1.55. The van der Waals surface area contributed by atoms with Crippen molar-refractivity contribution in [1.29, 1.82) is 10.5 Å². The van der Waals surface area contributed by atoms with Crippen molar-refractivity contribution >= 4 is 23.4 Å². The van der Waals surface area contributed by atoms with Gasteiger partial charge in [0.1, 0.15) is 66.0 Å². The van der Waals surface area contributed by atoms with Crippen molar-refractivity contribution in [2.24, 2.45) is 0 Å². The minimum Gasteiger partial charge on any atom is -0.462 e. The van der Waals surface area contributed by atoms with Crippen LogP contribution >= 0.6 is 0 Å². The number of carbonyl (C=O) groups is 1. The number of fused-ring (bicyclic) bond motifs is 1. The van der Waals surface area contributed by atoms with E-state index in [0.717, 1.165) is 5.56 Å². The molecule has 2 heterocycles. The first-order valence-electron chi connectivity index (χ1n) is 14.1. The Balaban J connectivity index is 1.12. The molecule has 5 N–H and O–H groups in total. The number of carbonyl (C=O) groups excluding carboxylic acids is 1. The van der Waals surface area contributed by atoms with E-state index in [0.29, 0.717) is 33.9 Å². The van der Waals surface area contributed by atoms with Gasteiger partial charge < -0.3 is 39.4 Å². The molecule has 1 saturated heterocycles. The second-order valence-electron chi connectivity index (χ2n) is 10.3. The lowest BCUT2D eigenvalue weighted by atomic mass is 9.97. The largest absolute Gasteiger partial charge is 0.462 e. The van der Waals surface area contributed by atoms with Gasteiger partial charge in [0.2, 0.25) is 6.29 Å². The van der Waals surface area contributed by atoms with E-state index < -0.39 is 43.4 Å². The maximum atomic E-state index is 12.4. The Bertz CT molecular complexity index is 1720. The molecule has 2 aliphatic heterocycles. The van der Waals surface area contributed by atoms with Crippen LogP contribution in [0.3, 0.4) is 0 Å². The molecule has 234 valence electrons. The number of hydrogen-bond donors (Lipinski definition) is 5. The van der Waals surface area contributed by atoms with E-state index in [1.165, 1.54) is 0 Å². The summed E-state index contributed by atoms with van der Waals surface area (Å²) >= 11 is 0. The second kappa shape index (κ2) is 14.5. The number of benzene rings is 3. The summed E-state index contributed by atoms with van der Waals surface area (Å²) in [7, 11) is 0. The van der Waals surface area contributed by atoms with E-state index in [1.807, 2.05) is 12.1 Å². The van der Waals surface area contributed by atoms with Crippen LogP contribution in [0.2, 0.25) is 0 Å². The Morgan fingerprint density at radius 2 is 1.63 bits per heavy atom. The average Bonchev–Trinajstić information content (AvgIpc) is 3.08. The molecule has 0 aliphatic carbocycles. The summed E-state index contributed by atoms with van der Waals surface area (Å²) < 4.78 is 22.1. The molecule has 0 spiro atoms. The third kappa shape index (κ3) is 7.42. The number of para-hydroxylation sites is 1. The van der Waals surface area contributed by atoms with Gasteiger partial charge in [-0.25, -0.2) is 4.79 Å². The lowest BCUT2D eigenvalue weighted by Crippen LogP contribution is -2.60. The van der Waals surface area contributed by atoms with Crippen molar-refractivity contribution in [3.63, 3.8) is 0 Å². The van der Waals surface area contributed by atoms with Crippen LogP contribution in [0, 0.1) is 22.7 Å². The Kier molecular flexibility index (Phi) is 10.1. The van der Waals surface area contributed by atoms with Gasteiger partial charge in [-0.1, -0.05) is 48.5 Å². The van der Waals surface area contributed by atoms with Crippen molar-refractivity contribution < 1.29 is 44.2 Å². The molecule has 12 nitrogen and oxygen atoms in total. The molecule has 0 bridgehead atoms. The molecule has 0 aromatic heterocycles. The number of aliphatic hydroxyl groups is 4. The summed E-state index contributed by atoms with van der Waals surface area (Å²) in [5, 5.41) is 60.7. The van der Waals surface area contributed by atoms with Gasteiger partial charge in [-0.2, -0.15) is 10.5 Å². The van der Waals surface area contributed by atoms with E-state index in [1.54, 1.807) is 91.0 Å². The fourth-order valence-electron chi connectivity index (χ4n) is 4.71. The summed E-state index contributed by atoms with van der Waals surface area (Å²) in [6.07, 6.45) is -2.47. The van der Waals surface area contributed by atoms with E-state index in [-0.39, 0.29) is 17.9 Å². The van der Waals surface area contributed by atoms with Crippen LogP contribution in [0.25, 0.3) is 11.6 Å². The molecule has 5 rings (SSSR count). The predicted molar refractivity (Wildman–Crippen MR) is 163 cm³/mol. The monoisotopic (exact) mass is 623 g/mol. The third-order valence-corrected chi connectivity index (χ3v) is 7.18. The number of nitrogens with zero attached hydrogens (tertiary/aromatic N) is 2. The fraction of sp³-hybridized carbons (Fsp3) is 0.206. The van der Waals surface area contributed by atoms with Crippen LogP contribution in [-0.4, -0.2) is 63.8 Å². The standard InChI is InChI=1S/C34H29N3O9/c35-16-22(17-36)27-15-25(44-28-4-2-1-3-26(27)28)14-7-20-5-10-23(11-6-20)37-34(42)43-19-21-8-12-24(13-9-21)45-33-32(41)31(40)30(39)29(18-38)46-33/h1-15,29-33,38-41H,18-19H2,(H,37,42)/b14-7+/t29-,30+,31+,32-,33-/m1/s1. The number of anilines is 1. The summed E-state index contributed by atoms with van der Waals surface area (Å²) in [6, 6.07) is 24.4. The number of amides is 1. The molecule has 0 unspecified atom stereocenters. The topological polar surface area (TPSA) is 195 Å². The zero-order valence-corrected chi connectivity index (χ0v) is 24.2. The number of nitrogens with one attached hydrogen (secondary N) is 1. The van der Waals surface area contributed by atoms with Crippen LogP contribution < -0.4 is 14.8 Å². The van der Waals surface area contributed by atoms with E-state index >= 15 is 0 Å². The first-order valence-corrected chi connectivity index (χ1v) is 14.1. The third-order valence-electron chi connectivity index (χ3n) is 7.18. The van der Waals surface area contributed by atoms with Gasteiger partial charge in [0.15, 0.2) is 0 Å². The predicted octanol–water partition coefficient (Wildman–Crippen LogP) is 3.40. The van der Waals surface area contributed by atoms with E-state index in [4.69, 9.17) is 18.9 Å². The highest BCUT2D eigenvalue weighted by Crippen LogP contribution is 2.35. The number of nitriles is 2. The molecule has 1 fully saturated rings. The van der Waals surface area contributed by atoms with Gasteiger partial charge in [0.25, 0.3) is 0 Å². The normalized spacial score (nSPS) is 22.0. The lowest BCUT2D eigenvalue weighted by Gasteiger charge is -2.39. The molecule has 1 amide bonds. The smallest absolute Gasteiger partial charge is 0.411 e. The van der Waals surface area contributed by atoms with Crippen LogP contribution in [0.1, 0.15) is 16.7 Å². The fourth-order valence-corrected chi connectivity index (χ4v) is 4.71. The van der Waals surface area contributed by atoms with Crippen molar-refractivity contribution in [2.45, 2.75) is 37.3 Å². The Labute approximate surface area is 263 Å². The summed E-state index contributed by atoms with van der Waals surface area (Å²) in [4.78, 5) is 12.4. The van der Waals surface area contributed by atoms with E-state index in [9.17, 15) is 35.7 Å². The molecule has 5 atom stereocenters. The number of ether oxygens (including phenoxy) is 4. The molecular weight excluding hydrogens is 594 g/mol. The Morgan fingerprint density at radius 1 is 0.913 bits per heavy atom. The maximum Gasteiger partial charge on any atom is 0.411 e. The molecule has 3 aromatic carbocycles. The average molecular weight is 624 g/mol. The molecular formula is C34H29N3O9. The number of rotatable bonds is 8. The summed E-state index contributed by atoms with van der Waals surface area (Å²) in [5.41, 5.74) is 3.10. The Hall–Kier alpha value is -5.47. The van der Waals surface area contributed by atoms with Gasteiger partial charge in [0.05, 0.1) is 6.61 Å². The quantitative estimate of drug-likeness (QED) is 0.231. The first-order chi connectivity index (χ1) is 22.3. The number of allylic oxidation sites excluding steroid dienone is 4. The zero-order chi connectivity index (χ0) is 32.6. The van der Waals surface area contributed by atoms with Crippen LogP contribution in [0.5, 0.6) is 11.5 Å². The van der Waals surface area contributed by atoms with Gasteiger partial charge in [0, 0.05) is 16.8 Å². The molecule has 46 heavy (non-hydrogen) atoms. The van der Waals surface area contributed by atoms with Gasteiger partial charge in [-0.15, -0.1) is 0 Å². The molecule has 0 saturated carbocycles. The lowest BCUT2D eigenvalue weighted by molar-refractivity contribution is -0.277. The second-order valence-corrected chi connectivity index (χ2v) is 10.3. The van der Waals surface area contributed by atoms with Crippen molar-refractivity contribution in [3.05, 3.63) is 113 Å². The van der Waals surface area contributed by atoms with Gasteiger partial charge >= 0.3 is 6.09 Å². The SMILES string of the molecule is N#CC(C#N)=C1C=C(/C=C/c2ccc(NC(=O)OCc3ccc(O[C@@H]4O[C@H](CO)[C@H](O)[C@H](O)[C@H]4O)cc3)cc2)Oc2ccccc21. The molecule has 3 aromatic rings. The van der Waals surface area contributed by atoms with Crippen molar-refractivity contribution in [3.8, 4) is 23.6 Å². The zero-order valence-electron chi connectivity index (χ0n) is 24.2. The minimum absolute atomic E-state index is 0.0122. The van der Waals surface area contributed by atoms with Crippen LogP contribution in [0.4, 0.5) is 10.5 Å². The highest BCUT2D eigenvalue weighted by Gasteiger charge is 2.44.